The van der Waals surface area contributed by atoms with Crippen molar-refractivity contribution in [2.75, 3.05) is 43.7 Å². The summed E-state index contributed by atoms with van der Waals surface area (Å²) in [5.74, 6) is 2.34. The Kier molecular flexibility index (Phi) is 7.03. The highest BCUT2D eigenvalue weighted by molar-refractivity contribution is 5.80. The maximum Gasteiger partial charge on any atom is 0.320 e. The van der Waals surface area contributed by atoms with Gasteiger partial charge in [0.2, 0.25) is 0 Å². The third kappa shape index (κ3) is 5.88. The summed E-state index contributed by atoms with van der Waals surface area (Å²) in [6.45, 7) is 4.94. The Balaban J connectivity index is 1.50. The molecule has 1 N–H and O–H groups in total. The van der Waals surface area contributed by atoms with Gasteiger partial charge >= 0.3 is 6.01 Å². The van der Waals surface area contributed by atoms with E-state index in [9.17, 15) is 0 Å². The fraction of sp³-hybridized carbons (Fsp3) is 0.318. The molecule has 3 aromatic rings. The van der Waals surface area contributed by atoms with Gasteiger partial charge in [-0.3, -0.25) is 5.43 Å². The van der Waals surface area contributed by atoms with E-state index >= 15 is 0 Å². The van der Waals surface area contributed by atoms with Crippen LogP contribution in [-0.2, 0) is 11.3 Å². The summed E-state index contributed by atoms with van der Waals surface area (Å²) in [5, 5.41) is 4.32. The van der Waals surface area contributed by atoms with E-state index in [0.29, 0.717) is 30.6 Å². The van der Waals surface area contributed by atoms with E-state index < -0.39 is 0 Å². The van der Waals surface area contributed by atoms with E-state index in [-0.39, 0.29) is 12.6 Å². The quantitative estimate of drug-likeness (QED) is 0.422. The van der Waals surface area contributed by atoms with Crippen LogP contribution in [0.1, 0.15) is 17.0 Å². The average molecular weight is 435 g/mol. The van der Waals surface area contributed by atoms with Gasteiger partial charge in [0.25, 0.3) is 0 Å². The SMILES string of the molecule is COc1cnc(COc2nc(N/N=C/c3cccc(C)c3)cc(N3CCOCC3)n2)nc1. The number of aryl methyl sites for hydroxylation is 1. The maximum absolute atomic E-state index is 5.78. The van der Waals surface area contributed by atoms with Gasteiger partial charge in [-0.25, -0.2) is 9.97 Å². The molecule has 0 aliphatic carbocycles. The van der Waals surface area contributed by atoms with Gasteiger partial charge in [0.15, 0.2) is 24.0 Å². The van der Waals surface area contributed by atoms with E-state index in [4.69, 9.17) is 14.2 Å². The van der Waals surface area contributed by atoms with Crippen LogP contribution in [0.15, 0.2) is 47.8 Å². The molecule has 3 heterocycles. The number of morpholine rings is 1. The highest BCUT2D eigenvalue weighted by Gasteiger charge is 2.16. The fourth-order valence-electron chi connectivity index (χ4n) is 3.06. The molecule has 4 rings (SSSR count). The van der Waals surface area contributed by atoms with Gasteiger partial charge in [-0.1, -0.05) is 29.8 Å². The van der Waals surface area contributed by atoms with Crippen LogP contribution in [0, 0.1) is 6.92 Å². The minimum atomic E-state index is 0.128. The molecule has 1 aliphatic heterocycles. The molecule has 0 atom stereocenters. The van der Waals surface area contributed by atoms with Crippen LogP contribution in [0.25, 0.3) is 0 Å². The molecule has 32 heavy (non-hydrogen) atoms. The van der Waals surface area contributed by atoms with Crippen LogP contribution < -0.4 is 19.8 Å². The first-order chi connectivity index (χ1) is 15.7. The number of rotatable bonds is 8. The van der Waals surface area contributed by atoms with E-state index in [2.05, 4.69) is 35.4 Å². The molecule has 10 nitrogen and oxygen atoms in total. The zero-order valence-corrected chi connectivity index (χ0v) is 18.1. The molecule has 1 aliphatic rings. The topological polar surface area (TPSA) is 107 Å². The van der Waals surface area contributed by atoms with Crippen LogP contribution in [0.4, 0.5) is 11.6 Å². The summed E-state index contributed by atoms with van der Waals surface area (Å²) in [5.41, 5.74) is 5.14. The first-order valence-corrected chi connectivity index (χ1v) is 10.2. The smallest absolute Gasteiger partial charge is 0.320 e. The summed E-state index contributed by atoms with van der Waals surface area (Å²) in [4.78, 5) is 19.5. The third-order valence-electron chi connectivity index (χ3n) is 4.71. The van der Waals surface area contributed by atoms with Crippen molar-refractivity contribution in [3.63, 3.8) is 0 Å². The van der Waals surface area contributed by atoms with Crippen molar-refractivity contribution in [2.45, 2.75) is 13.5 Å². The number of aromatic nitrogens is 4. The number of hydrogen-bond donors (Lipinski definition) is 1. The number of nitrogens with one attached hydrogen (secondary N) is 1. The van der Waals surface area contributed by atoms with Crippen LogP contribution in [0.5, 0.6) is 11.8 Å². The lowest BCUT2D eigenvalue weighted by molar-refractivity contribution is 0.122. The van der Waals surface area contributed by atoms with Crippen molar-refractivity contribution in [3.8, 4) is 11.8 Å². The summed E-state index contributed by atoms with van der Waals surface area (Å²) in [7, 11) is 1.57. The number of benzene rings is 1. The molecule has 0 unspecified atom stereocenters. The fourth-order valence-corrected chi connectivity index (χ4v) is 3.06. The third-order valence-corrected chi connectivity index (χ3v) is 4.71. The average Bonchev–Trinajstić information content (AvgIpc) is 2.83. The van der Waals surface area contributed by atoms with Crippen LogP contribution in [-0.4, -0.2) is 59.6 Å². The summed E-state index contributed by atoms with van der Waals surface area (Å²) in [6, 6.07) is 10.1. The molecule has 0 spiro atoms. The highest BCUT2D eigenvalue weighted by Crippen LogP contribution is 2.21. The number of hydrazone groups is 1. The molecule has 1 saturated heterocycles. The Morgan fingerprint density at radius 3 is 2.72 bits per heavy atom. The number of nitrogens with zero attached hydrogens (tertiary/aromatic N) is 6. The molecule has 10 heteroatoms. The molecule has 1 aromatic carbocycles. The lowest BCUT2D eigenvalue weighted by atomic mass is 10.2. The monoisotopic (exact) mass is 435 g/mol. The molecular weight excluding hydrogens is 410 g/mol. The zero-order valence-electron chi connectivity index (χ0n) is 18.1. The molecular formula is C22H25N7O3. The van der Waals surface area contributed by atoms with Gasteiger partial charge < -0.3 is 19.1 Å². The van der Waals surface area contributed by atoms with E-state index in [1.807, 2.05) is 37.3 Å². The normalized spacial score (nSPS) is 13.9. The van der Waals surface area contributed by atoms with Crippen molar-refractivity contribution in [1.82, 2.24) is 19.9 Å². The van der Waals surface area contributed by atoms with Crippen molar-refractivity contribution < 1.29 is 14.2 Å². The van der Waals surface area contributed by atoms with Gasteiger partial charge in [0.05, 0.1) is 38.9 Å². The zero-order chi connectivity index (χ0) is 22.2. The number of ether oxygens (including phenoxy) is 3. The first-order valence-electron chi connectivity index (χ1n) is 10.2. The van der Waals surface area contributed by atoms with Gasteiger partial charge in [-0.15, -0.1) is 0 Å². The van der Waals surface area contributed by atoms with Crippen molar-refractivity contribution >= 4 is 17.9 Å². The van der Waals surface area contributed by atoms with Crippen molar-refractivity contribution in [1.29, 1.82) is 0 Å². The summed E-state index contributed by atoms with van der Waals surface area (Å²) in [6.07, 6.45) is 4.92. The van der Waals surface area contributed by atoms with E-state index in [1.165, 1.54) is 5.56 Å². The van der Waals surface area contributed by atoms with Gasteiger partial charge in [0.1, 0.15) is 5.82 Å². The predicted octanol–water partition coefficient (Wildman–Crippen LogP) is 2.45. The lowest BCUT2D eigenvalue weighted by Gasteiger charge is -2.28. The van der Waals surface area contributed by atoms with Crippen LogP contribution in [0.2, 0.25) is 0 Å². The molecule has 0 bridgehead atoms. The van der Waals surface area contributed by atoms with E-state index in [1.54, 1.807) is 25.7 Å². The maximum atomic E-state index is 5.78. The predicted molar refractivity (Wildman–Crippen MR) is 120 cm³/mol. The number of hydrogen-bond acceptors (Lipinski definition) is 10. The second kappa shape index (κ2) is 10.5. The second-order valence-electron chi connectivity index (χ2n) is 7.11. The van der Waals surface area contributed by atoms with Crippen LogP contribution in [0.3, 0.4) is 0 Å². The molecule has 1 fully saturated rings. The largest absolute Gasteiger partial charge is 0.494 e. The van der Waals surface area contributed by atoms with Gasteiger partial charge in [-0.2, -0.15) is 15.1 Å². The molecule has 2 aromatic heterocycles. The second-order valence-corrected chi connectivity index (χ2v) is 7.11. The Hall–Kier alpha value is -3.79. The van der Waals surface area contributed by atoms with Gasteiger partial charge in [-0.05, 0) is 12.5 Å². The van der Waals surface area contributed by atoms with E-state index in [0.717, 1.165) is 24.5 Å². The Bertz CT molecular complexity index is 1050. The summed E-state index contributed by atoms with van der Waals surface area (Å²) >= 11 is 0. The molecule has 166 valence electrons. The Morgan fingerprint density at radius 2 is 1.97 bits per heavy atom. The van der Waals surface area contributed by atoms with Crippen molar-refractivity contribution in [3.05, 3.63) is 59.7 Å². The lowest BCUT2D eigenvalue weighted by Crippen LogP contribution is -2.36. The highest BCUT2D eigenvalue weighted by atomic mass is 16.5. The van der Waals surface area contributed by atoms with Crippen molar-refractivity contribution in [2.24, 2.45) is 5.10 Å². The minimum absolute atomic E-state index is 0.128. The van der Waals surface area contributed by atoms with Gasteiger partial charge in [0, 0.05) is 19.2 Å². The summed E-state index contributed by atoms with van der Waals surface area (Å²) < 4.78 is 16.3. The Labute approximate surface area is 186 Å². The molecule has 0 amide bonds. The minimum Gasteiger partial charge on any atom is -0.494 e. The molecule has 0 saturated carbocycles. The number of anilines is 2. The Morgan fingerprint density at radius 1 is 1.16 bits per heavy atom. The first kappa shape index (κ1) is 21.4. The molecule has 0 radical (unpaired) electrons. The number of methoxy groups -OCH3 is 1. The van der Waals surface area contributed by atoms with Crippen LogP contribution >= 0.6 is 0 Å². The standard InChI is InChI=1S/C22H25N7O3/c1-16-4-3-5-17(10-16)12-25-28-19-11-21(29-6-8-31-9-7-29)27-22(26-19)32-15-20-23-13-18(30-2)14-24-20/h3-5,10-14H,6-9,15H2,1-2H3,(H,26,27,28)/b25-12+.